The van der Waals surface area contributed by atoms with Crippen LogP contribution in [-0.2, 0) is 11.2 Å². The molecule has 98 valence electrons. The highest BCUT2D eigenvalue weighted by Crippen LogP contribution is 2.11. The summed E-state index contributed by atoms with van der Waals surface area (Å²) in [6, 6.07) is 7.77. The predicted octanol–water partition coefficient (Wildman–Crippen LogP) is 2.52. The first-order valence-electron chi connectivity index (χ1n) is 5.83. The second-order valence-electron chi connectivity index (χ2n) is 3.99. The van der Waals surface area contributed by atoms with Crippen molar-refractivity contribution in [1.29, 1.82) is 0 Å². The largest absolute Gasteiger partial charge is 0.393 e. The van der Waals surface area contributed by atoms with Crippen molar-refractivity contribution in [2.24, 2.45) is 5.73 Å². The highest BCUT2D eigenvalue weighted by atomic mass is 79.9. The molecule has 1 rings (SSSR count). The molecule has 0 bridgehead atoms. The maximum atomic E-state index is 12.1. The standard InChI is InChI=1S/C13H17BrN2OS/c1-2-16(8-7-12(15)18)13(17)9-10-3-5-11(14)6-4-10/h3-6H,2,7-9H2,1H3,(H2,15,18). The minimum Gasteiger partial charge on any atom is -0.393 e. The van der Waals surface area contributed by atoms with Gasteiger partial charge in [-0.3, -0.25) is 4.79 Å². The lowest BCUT2D eigenvalue weighted by Crippen LogP contribution is -2.34. The Morgan fingerprint density at radius 1 is 1.39 bits per heavy atom. The molecule has 0 aliphatic carbocycles. The molecule has 0 radical (unpaired) electrons. The van der Waals surface area contributed by atoms with Crippen LogP contribution in [0.2, 0.25) is 0 Å². The van der Waals surface area contributed by atoms with Crippen LogP contribution in [0.15, 0.2) is 28.7 Å². The third kappa shape index (κ3) is 5.14. The number of benzene rings is 1. The molecule has 5 heteroatoms. The summed E-state index contributed by atoms with van der Waals surface area (Å²) in [5.41, 5.74) is 6.46. The molecule has 0 fully saturated rings. The van der Waals surface area contributed by atoms with E-state index < -0.39 is 0 Å². The van der Waals surface area contributed by atoms with Gasteiger partial charge in [0, 0.05) is 24.0 Å². The maximum Gasteiger partial charge on any atom is 0.226 e. The van der Waals surface area contributed by atoms with E-state index in [2.05, 4.69) is 15.9 Å². The summed E-state index contributed by atoms with van der Waals surface area (Å²) in [7, 11) is 0. The van der Waals surface area contributed by atoms with Gasteiger partial charge < -0.3 is 10.6 Å². The van der Waals surface area contributed by atoms with Crippen LogP contribution in [0.3, 0.4) is 0 Å². The van der Waals surface area contributed by atoms with Crippen molar-refractivity contribution in [3.05, 3.63) is 34.3 Å². The van der Waals surface area contributed by atoms with Crippen LogP contribution in [0.1, 0.15) is 18.9 Å². The maximum absolute atomic E-state index is 12.1. The van der Waals surface area contributed by atoms with E-state index in [1.807, 2.05) is 31.2 Å². The Hall–Kier alpha value is -0.940. The summed E-state index contributed by atoms with van der Waals surface area (Å²) in [5.74, 6) is 0.107. The molecule has 0 aliphatic heterocycles. The van der Waals surface area contributed by atoms with E-state index in [0.717, 1.165) is 10.0 Å². The first-order chi connectivity index (χ1) is 8.52. The summed E-state index contributed by atoms with van der Waals surface area (Å²) in [6.07, 6.45) is 0.994. The number of carbonyl (C=O) groups excluding carboxylic acids is 1. The normalized spacial score (nSPS) is 10.1. The summed E-state index contributed by atoms with van der Waals surface area (Å²) >= 11 is 8.20. The first kappa shape index (κ1) is 15.1. The highest BCUT2D eigenvalue weighted by Gasteiger charge is 2.12. The number of amides is 1. The van der Waals surface area contributed by atoms with E-state index in [1.54, 1.807) is 4.90 Å². The van der Waals surface area contributed by atoms with Crippen molar-refractivity contribution in [2.75, 3.05) is 13.1 Å². The molecule has 2 N–H and O–H groups in total. The van der Waals surface area contributed by atoms with Crippen LogP contribution < -0.4 is 5.73 Å². The number of hydrogen-bond donors (Lipinski definition) is 1. The van der Waals surface area contributed by atoms with E-state index in [-0.39, 0.29) is 5.91 Å². The predicted molar refractivity (Wildman–Crippen MR) is 81.5 cm³/mol. The molecular weight excluding hydrogens is 312 g/mol. The Morgan fingerprint density at radius 3 is 2.50 bits per heavy atom. The quantitative estimate of drug-likeness (QED) is 0.816. The monoisotopic (exact) mass is 328 g/mol. The van der Waals surface area contributed by atoms with E-state index >= 15 is 0 Å². The topological polar surface area (TPSA) is 46.3 Å². The number of thiocarbonyl (C=S) groups is 1. The number of likely N-dealkylation sites (N-methyl/N-ethyl adjacent to an activating group) is 1. The lowest BCUT2D eigenvalue weighted by molar-refractivity contribution is -0.130. The van der Waals surface area contributed by atoms with Gasteiger partial charge in [0.25, 0.3) is 0 Å². The molecule has 1 aromatic rings. The molecule has 0 spiro atoms. The number of hydrogen-bond acceptors (Lipinski definition) is 2. The van der Waals surface area contributed by atoms with Crippen molar-refractivity contribution in [2.45, 2.75) is 19.8 Å². The molecule has 0 saturated heterocycles. The SMILES string of the molecule is CCN(CCC(N)=S)C(=O)Cc1ccc(Br)cc1. The lowest BCUT2D eigenvalue weighted by atomic mass is 10.1. The van der Waals surface area contributed by atoms with E-state index in [9.17, 15) is 4.79 Å². The van der Waals surface area contributed by atoms with Crippen LogP contribution in [0.4, 0.5) is 0 Å². The Morgan fingerprint density at radius 2 is 2.00 bits per heavy atom. The van der Waals surface area contributed by atoms with Crippen molar-refractivity contribution in [3.63, 3.8) is 0 Å². The summed E-state index contributed by atoms with van der Waals surface area (Å²) in [5, 5.41) is 0. The second-order valence-corrected chi connectivity index (χ2v) is 5.43. The number of rotatable bonds is 6. The van der Waals surface area contributed by atoms with E-state index in [1.165, 1.54) is 0 Å². The molecule has 0 heterocycles. The zero-order chi connectivity index (χ0) is 13.5. The Bertz CT molecular complexity index is 420. The molecule has 1 amide bonds. The highest BCUT2D eigenvalue weighted by molar-refractivity contribution is 9.10. The molecule has 0 aromatic heterocycles. The van der Waals surface area contributed by atoms with Crippen LogP contribution in [0.25, 0.3) is 0 Å². The molecule has 0 atom stereocenters. The average Bonchev–Trinajstić information content (AvgIpc) is 2.32. The zero-order valence-electron chi connectivity index (χ0n) is 10.4. The zero-order valence-corrected chi connectivity index (χ0v) is 12.8. The number of nitrogens with two attached hydrogens (primary N) is 1. The van der Waals surface area contributed by atoms with Crippen molar-refractivity contribution >= 4 is 39.0 Å². The Labute approximate surface area is 121 Å². The summed E-state index contributed by atoms with van der Waals surface area (Å²) < 4.78 is 1.01. The second kappa shape index (κ2) is 7.48. The minimum atomic E-state index is 0.107. The number of halogens is 1. The van der Waals surface area contributed by atoms with Crippen molar-refractivity contribution in [1.82, 2.24) is 4.90 Å². The average molecular weight is 329 g/mol. The van der Waals surface area contributed by atoms with Gasteiger partial charge in [0.1, 0.15) is 0 Å². The van der Waals surface area contributed by atoms with E-state index in [0.29, 0.717) is 30.9 Å². The van der Waals surface area contributed by atoms with Gasteiger partial charge in [-0.25, -0.2) is 0 Å². The molecule has 3 nitrogen and oxygen atoms in total. The molecule has 0 saturated carbocycles. The molecular formula is C13H17BrN2OS. The van der Waals surface area contributed by atoms with Gasteiger partial charge in [0.05, 0.1) is 11.4 Å². The molecule has 1 aromatic carbocycles. The van der Waals surface area contributed by atoms with Gasteiger partial charge >= 0.3 is 0 Å². The van der Waals surface area contributed by atoms with Gasteiger partial charge in [0.15, 0.2) is 0 Å². The van der Waals surface area contributed by atoms with Crippen LogP contribution in [-0.4, -0.2) is 28.9 Å². The number of nitrogens with zero attached hydrogens (tertiary/aromatic N) is 1. The van der Waals surface area contributed by atoms with E-state index in [4.69, 9.17) is 18.0 Å². The van der Waals surface area contributed by atoms with Crippen LogP contribution in [0, 0.1) is 0 Å². The summed E-state index contributed by atoms with van der Waals surface area (Å²) in [4.78, 5) is 14.3. The molecule has 18 heavy (non-hydrogen) atoms. The van der Waals surface area contributed by atoms with Gasteiger partial charge in [-0.15, -0.1) is 0 Å². The third-order valence-electron chi connectivity index (χ3n) is 2.63. The lowest BCUT2D eigenvalue weighted by Gasteiger charge is -2.20. The fraction of sp³-hybridized carbons (Fsp3) is 0.385. The van der Waals surface area contributed by atoms with Gasteiger partial charge in [0.2, 0.25) is 5.91 Å². The molecule has 0 aliphatic rings. The van der Waals surface area contributed by atoms with Crippen LogP contribution in [0.5, 0.6) is 0 Å². The Balaban J connectivity index is 2.56. The minimum absolute atomic E-state index is 0.107. The fourth-order valence-corrected chi connectivity index (χ4v) is 1.95. The van der Waals surface area contributed by atoms with Gasteiger partial charge in [-0.1, -0.05) is 40.3 Å². The summed E-state index contributed by atoms with van der Waals surface area (Å²) in [6.45, 7) is 3.23. The first-order valence-corrected chi connectivity index (χ1v) is 7.03. The molecule has 0 unspecified atom stereocenters. The third-order valence-corrected chi connectivity index (χ3v) is 3.36. The fourth-order valence-electron chi connectivity index (χ4n) is 1.59. The van der Waals surface area contributed by atoms with Crippen molar-refractivity contribution < 1.29 is 4.79 Å². The smallest absolute Gasteiger partial charge is 0.226 e. The Kier molecular flexibility index (Phi) is 6.29. The number of carbonyl (C=O) groups is 1. The van der Waals surface area contributed by atoms with Crippen LogP contribution >= 0.6 is 28.1 Å². The van der Waals surface area contributed by atoms with Gasteiger partial charge in [-0.05, 0) is 24.6 Å². The van der Waals surface area contributed by atoms with Gasteiger partial charge in [-0.2, -0.15) is 0 Å². The van der Waals surface area contributed by atoms with Crippen molar-refractivity contribution in [3.8, 4) is 0 Å².